The fourth-order valence-electron chi connectivity index (χ4n) is 5.05. The van der Waals surface area contributed by atoms with Crippen molar-refractivity contribution in [2.24, 2.45) is 17.6 Å². The first-order valence-corrected chi connectivity index (χ1v) is 13.2. The number of carbonyl (C=O) groups is 1. The average molecular weight is 553 g/mol. The smallest absolute Gasteiger partial charge is 0.224 e. The van der Waals surface area contributed by atoms with E-state index in [0.717, 1.165) is 19.3 Å². The molecule has 1 aromatic carbocycles. The Morgan fingerprint density at radius 1 is 1.11 bits per heavy atom. The molecule has 0 bridgehead atoms. The monoisotopic (exact) mass is 551 g/mol. The van der Waals surface area contributed by atoms with Crippen molar-refractivity contribution in [2.45, 2.75) is 51.1 Å². The van der Waals surface area contributed by atoms with Crippen molar-refractivity contribution >= 4 is 69.5 Å². The first-order chi connectivity index (χ1) is 17.3. The highest BCUT2D eigenvalue weighted by molar-refractivity contribution is 6.41. The minimum absolute atomic E-state index is 0.0581. The first kappa shape index (κ1) is 25.3. The number of fused-ring (bicyclic) bond motifs is 1. The van der Waals surface area contributed by atoms with E-state index in [2.05, 4.69) is 27.1 Å². The lowest BCUT2D eigenvalue weighted by molar-refractivity contribution is -0.122. The van der Waals surface area contributed by atoms with Gasteiger partial charge in [0.05, 0.1) is 28.5 Å². The van der Waals surface area contributed by atoms with Gasteiger partial charge in [-0.1, -0.05) is 41.7 Å². The molecule has 1 saturated carbocycles. The van der Waals surface area contributed by atoms with Crippen molar-refractivity contribution in [2.75, 3.05) is 23.8 Å². The number of anilines is 3. The molecule has 36 heavy (non-hydrogen) atoms. The number of aromatic nitrogens is 4. The second-order valence-electron chi connectivity index (χ2n) is 9.58. The van der Waals surface area contributed by atoms with Crippen LogP contribution in [-0.4, -0.2) is 44.7 Å². The molecule has 0 radical (unpaired) electrons. The van der Waals surface area contributed by atoms with Crippen molar-refractivity contribution < 1.29 is 9.53 Å². The number of halogens is 3. The molecule has 3 heterocycles. The number of benzene rings is 1. The number of primary amides is 1. The molecule has 3 aromatic rings. The van der Waals surface area contributed by atoms with E-state index in [0.29, 0.717) is 75.8 Å². The van der Waals surface area contributed by atoms with Crippen LogP contribution in [0.2, 0.25) is 15.1 Å². The van der Waals surface area contributed by atoms with Gasteiger partial charge in [0, 0.05) is 29.6 Å². The van der Waals surface area contributed by atoms with Crippen LogP contribution < -0.4 is 16.4 Å². The summed E-state index contributed by atoms with van der Waals surface area (Å²) in [6, 6.07) is 3.53. The molecule has 1 aliphatic heterocycles. The maximum atomic E-state index is 11.7. The molecule has 0 unspecified atom stereocenters. The van der Waals surface area contributed by atoms with E-state index in [-0.39, 0.29) is 23.9 Å². The van der Waals surface area contributed by atoms with Gasteiger partial charge < -0.3 is 21.1 Å². The van der Waals surface area contributed by atoms with E-state index in [9.17, 15) is 4.79 Å². The third-order valence-electron chi connectivity index (χ3n) is 7.10. The minimum Gasteiger partial charge on any atom is -0.381 e. The van der Waals surface area contributed by atoms with Crippen LogP contribution in [0, 0.1) is 11.8 Å². The second kappa shape index (κ2) is 10.6. The number of nitrogens with zero attached hydrogens (tertiary/aromatic N) is 4. The van der Waals surface area contributed by atoms with Crippen molar-refractivity contribution in [1.82, 2.24) is 19.5 Å². The Morgan fingerprint density at radius 2 is 1.83 bits per heavy atom. The van der Waals surface area contributed by atoms with Gasteiger partial charge >= 0.3 is 0 Å². The zero-order chi connectivity index (χ0) is 25.4. The van der Waals surface area contributed by atoms with Crippen molar-refractivity contribution in [3.8, 4) is 0 Å². The van der Waals surface area contributed by atoms with Crippen LogP contribution in [0.25, 0.3) is 11.2 Å². The highest BCUT2D eigenvalue weighted by Gasteiger charge is 2.30. The topological polar surface area (TPSA) is 120 Å². The number of hydrogen-bond donors (Lipinski definition) is 3. The summed E-state index contributed by atoms with van der Waals surface area (Å²) in [7, 11) is 0. The summed E-state index contributed by atoms with van der Waals surface area (Å²) in [5, 5.41) is 7.98. The molecule has 1 aliphatic carbocycles. The zero-order valence-corrected chi connectivity index (χ0v) is 22.1. The Labute approximate surface area is 224 Å². The fourth-order valence-corrected chi connectivity index (χ4v) is 5.96. The number of hydrogen-bond acceptors (Lipinski definition) is 7. The lowest BCUT2D eigenvalue weighted by atomic mass is 9.85. The van der Waals surface area contributed by atoms with E-state index in [1.807, 2.05) is 0 Å². The second-order valence-corrected chi connectivity index (χ2v) is 10.8. The third-order valence-corrected chi connectivity index (χ3v) is 7.91. The van der Waals surface area contributed by atoms with Crippen LogP contribution in [0.5, 0.6) is 0 Å². The summed E-state index contributed by atoms with van der Waals surface area (Å²) in [6.45, 7) is 3.57. The Hall–Kier alpha value is -2.33. The van der Waals surface area contributed by atoms with Gasteiger partial charge in [-0.25, -0.2) is 9.97 Å². The van der Waals surface area contributed by atoms with Gasteiger partial charge in [0.25, 0.3) is 0 Å². The van der Waals surface area contributed by atoms with Crippen LogP contribution in [0.15, 0.2) is 18.3 Å². The van der Waals surface area contributed by atoms with Crippen LogP contribution in [-0.2, 0) is 9.53 Å². The van der Waals surface area contributed by atoms with Gasteiger partial charge in [-0.15, -0.1) is 0 Å². The van der Waals surface area contributed by atoms with Crippen molar-refractivity contribution in [3.63, 3.8) is 0 Å². The van der Waals surface area contributed by atoms with Gasteiger partial charge in [-0.2, -0.15) is 4.98 Å². The number of amides is 1. The molecule has 9 nitrogen and oxygen atoms in total. The van der Waals surface area contributed by atoms with Gasteiger partial charge in [0.15, 0.2) is 5.65 Å². The maximum Gasteiger partial charge on any atom is 0.224 e. The molecule has 2 fully saturated rings. The number of carbonyl (C=O) groups excluding carboxylic acids is 1. The van der Waals surface area contributed by atoms with Crippen LogP contribution >= 0.6 is 34.8 Å². The first-order valence-electron chi connectivity index (χ1n) is 12.1. The molecule has 2 aromatic heterocycles. The molecule has 192 valence electrons. The fraction of sp³-hybridized carbons (Fsp3) is 0.500. The molecular weight excluding hydrogens is 525 g/mol. The highest BCUT2D eigenvalue weighted by atomic mass is 35.5. The molecule has 5 rings (SSSR count). The van der Waals surface area contributed by atoms with Gasteiger partial charge in [-0.05, 0) is 50.2 Å². The number of ether oxygens (including phenoxy) is 1. The molecule has 2 aliphatic rings. The Morgan fingerprint density at radius 3 is 2.50 bits per heavy atom. The molecule has 1 saturated heterocycles. The Bertz CT molecular complexity index is 1250. The maximum absolute atomic E-state index is 11.7. The molecular formula is C24H28Cl3N7O2. The Kier molecular flexibility index (Phi) is 7.44. The lowest BCUT2D eigenvalue weighted by Crippen LogP contribution is -2.36. The summed E-state index contributed by atoms with van der Waals surface area (Å²) in [5.74, 6) is 1.07. The van der Waals surface area contributed by atoms with Crippen LogP contribution in [0.4, 0.5) is 17.6 Å². The van der Waals surface area contributed by atoms with E-state index >= 15 is 0 Å². The minimum atomic E-state index is -0.249. The predicted octanol–water partition coefficient (Wildman–Crippen LogP) is 5.58. The van der Waals surface area contributed by atoms with Gasteiger partial charge in [0.2, 0.25) is 17.8 Å². The number of rotatable bonds is 6. The molecule has 0 spiro atoms. The molecule has 4 N–H and O–H groups in total. The predicted molar refractivity (Wildman–Crippen MR) is 142 cm³/mol. The molecule has 1 amide bonds. The molecule has 12 heteroatoms. The van der Waals surface area contributed by atoms with Crippen molar-refractivity contribution in [3.05, 3.63) is 33.4 Å². The lowest BCUT2D eigenvalue weighted by Gasteiger charge is -2.30. The van der Waals surface area contributed by atoms with E-state index in [1.165, 1.54) is 0 Å². The summed E-state index contributed by atoms with van der Waals surface area (Å²) in [5.41, 5.74) is 7.41. The standard InChI is InChI=1S/C24H28Cl3N7O2/c1-12-11-36-7-6-18(12)30-23-29-10-19-22(33-23)34(15-4-2-13(3-5-15)21(28)35)24(31-19)32-20-16(26)8-14(25)9-17(20)27/h8-10,12-13,15,18H,2-7,11H2,1H3,(H2,28,35)(H,31,32)(H,29,30,33)/t12-,13?,15?,18+/m1/s1. The normalized spacial score (nSPS) is 24.6. The zero-order valence-electron chi connectivity index (χ0n) is 19.8. The quantitative estimate of drug-likeness (QED) is 0.365. The van der Waals surface area contributed by atoms with Crippen molar-refractivity contribution in [1.29, 1.82) is 0 Å². The highest BCUT2D eigenvalue weighted by Crippen LogP contribution is 2.40. The van der Waals surface area contributed by atoms with E-state index < -0.39 is 0 Å². The summed E-state index contributed by atoms with van der Waals surface area (Å²) < 4.78 is 7.63. The van der Waals surface area contributed by atoms with Crippen LogP contribution in [0.1, 0.15) is 45.1 Å². The SMILES string of the molecule is C[C@@H]1COCC[C@@H]1Nc1ncc2nc(Nc3c(Cl)cc(Cl)cc3Cl)n(C3CCC(C(N)=O)CC3)c2n1. The Balaban J connectivity index is 1.53. The van der Waals surface area contributed by atoms with Crippen LogP contribution in [0.3, 0.4) is 0 Å². The summed E-state index contributed by atoms with van der Waals surface area (Å²) >= 11 is 19.0. The summed E-state index contributed by atoms with van der Waals surface area (Å²) in [4.78, 5) is 25.9. The average Bonchev–Trinajstić information content (AvgIpc) is 3.20. The molecule has 2 atom stereocenters. The van der Waals surface area contributed by atoms with Gasteiger partial charge in [0.1, 0.15) is 5.52 Å². The largest absolute Gasteiger partial charge is 0.381 e. The van der Waals surface area contributed by atoms with Gasteiger partial charge in [-0.3, -0.25) is 9.36 Å². The van der Waals surface area contributed by atoms with E-state index in [1.54, 1.807) is 18.3 Å². The number of imidazole rings is 1. The summed E-state index contributed by atoms with van der Waals surface area (Å²) in [6.07, 6.45) is 5.55. The van der Waals surface area contributed by atoms with E-state index in [4.69, 9.17) is 55.2 Å². The third kappa shape index (κ3) is 5.20. The number of nitrogens with two attached hydrogens (primary N) is 1. The number of nitrogens with one attached hydrogen (secondary N) is 2.